The van der Waals surface area contributed by atoms with E-state index in [1.165, 1.54) is 21.1 Å². The number of nitrogens with one attached hydrogen (secondary N) is 2. The van der Waals surface area contributed by atoms with E-state index in [-0.39, 0.29) is 29.6 Å². The molecule has 0 bridgehead atoms. The van der Waals surface area contributed by atoms with E-state index in [0.29, 0.717) is 5.82 Å². The molecule has 0 saturated heterocycles. The van der Waals surface area contributed by atoms with Crippen molar-refractivity contribution in [1.29, 1.82) is 0 Å². The van der Waals surface area contributed by atoms with E-state index in [1.807, 2.05) is 0 Å². The molecule has 9 heteroatoms. The van der Waals surface area contributed by atoms with E-state index in [1.54, 1.807) is 38.5 Å². The summed E-state index contributed by atoms with van der Waals surface area (Å²) in [5, 5.41) is 13.2. The smallest absolute Gasteiger partial charge is 0.315 e. The van der Waals surface area contributed by atoms with Crippen LogP contribution in [0.4, 0.5) is 9.18 Å². The van der Waals surface area contributed by atoms with Crippen LogP contribution in [0, 0.1) is 5.82 Å². The SMILES string of the molecule is C[C@@H](NC(=O)NCc1nnc2c(=O)n(C)ccn12)c1ccc(F)cc1. The van der Waals surface area contributed by atoms with Crippen LogP contribution in [0.1, 0.15) is 24.4 Å². The van der Waals surface area contributed by atoms with Crippen LogP contribution in [0.2, 0.25) is 0 Å². The van der Waals surface area contributed by atoms with Gasteiger partial charge in [-0.25, -0.2) is 9.18 Å². The van der Waals surface area contributed by atoms with Gasteiger partial charge in [0.05, 0.1) is 12.6 Å². The van der Waals surface area contributed by atoms with Crippen LogP contribution in [-0.4, -0.2) is 25.2 Å². The number of amides is 2. The Kier molecular flexibility index (Phi) is 4.46. The number of hydrogen-bond donors (Lipinski definition) is 2. The molecule has 0 aliphatic carbocycles. The maximum absolute atomic E-state index is 12.9. The number of rotatable bonds is 4. The lowest BCUT2D eigenvalue weighted by molar-refractivity contribution is 0.237. The third-order valence-electron chi connectivity index (χ3n) is 3.84. The first-order chi connectivity index (χ1) is 12.0. The fraction of sp³-hybridized carbons (Fsp3) is 0.250. The van der Waals surface area contributed by atoms with Crippen LogP contribution in [-0.2, 0) is 13.6 Å². The van der Waals surface area contributed by atoms with Crippen molar-refractivity contribution >= 4 is 11.7 Å². The average molecular weight is 344 g/mol. The normalized spacial score (nSPS) is 12.1. The van der Waals surface area contributed by atoms with Crippen molar-refractivity contribution in [2.75, 3.05) is 0 Å². The molecule has 3 rings (SSSR count). The number of fused-ring (bicyclic) bond motifs is 1. The molecular formula is C16H17FN6O2. The zero-order valence-electron chi connectivity index (χ0n) is 13.7. The lowest BCUT2D eigenvalue weighted by Crippen LogP contribution is -2.37. The molecule has 1 atom stereocenters. The molecule has 0 aliphatic rings. The molecule has 2 amide bonds. The Morgan fingerprint density at radius 3 is 2.68 bits per heavy atom. The van der Waals surface area contributed by atoms with Crippen molar-refractivity contribution < 1.29 is 9.18 Å². The third kappa shape index (κ3) is 3.49. The molecule has 0 saturated carbocycles. The number of carbonyl (C=O) groups excluding carboxylic acids is 1. The molecule has 25 heavy (non-hydrogen) atoms. The van der Waals surface area contributed by atoms with Crippen molar-refractivity contribution in [3.8, 4) is 0 Å². The molecule has 2 N–H and O–H groups in total. The van der Waals surface area contributed by atoms with Gasteiger partial charge in [0.2, 0.25) is 5.65 Å². The van der Waals surface area contributed by atoms with Gasteiger partial charge in [0.25, 0.3) is 5.56 Å². The maximum atomic E-state index is 12.9. The van der Waals surface area contributed by atoms with E-state index < -0.39 is 6.03 Å². The molecule has 8 nitrogen and oxygen atoms in total. The summed E-state index contributed by atoms with van der Waals surface area (Å²) in [6, 6.07) is 5.22. The van der Waals surface area contributed by atoms with Crippen LogP contribution in [0.15, 0.2) is 41.5 Å². The topological polar surface area (TPSA) is 93.3 Å². The van der Waals surface area contributed by atoms with Gasteiger partial charge in [-0.2, -0.15) is 0 Å². The minimum absolute atomic E-state index is 0.107. The zero-order chi connectivity index (χ0) is 18.0. The molecule has 130 valence electrons. The Morgan fingerprint density at radius 2 is 1.96 bits per heavy atom. The van der Waals surface area contributed by atoms with Crippen molar-refractivity contribution in [3.63, 3.8) is 0 Å². The van der Waals surface area contributed by atoms with Crippen LogP contribution in [0.25, 0.3) is 5.65 Å². The summed E-state index contributed by atoms with van der Waals surface area (Å²) in [5.41, 5.74) is 0.713. The summed E-state index contributed by atoms with van der Waals surface area (Å²) in [7, 11) is 1.62. The summed E-state index contributed by atoms with van der Waals surface area (Å²) in [6.07, 6.45) is 3.26. The van der Waals surface area contributed by atoms with Gasteiger partial charge in [-0.3, -0.25) is 9.20 Å². The summed E-state index contributed by atoms with van der Waals surface area (Å²) in [5.74, 6) is 0.113. The molecular weight excluding hydrogens is 327 g/mol. The number of halogens is 1. The Balaban J connectivity index is 1.63. The summed E-state index contributed by atoms with van der Waals surface area (Å²) < 4.78 is 15.9. The number of hydrogen-bond acceptors (Lipinski definition) is 4. The molecule has 0 spiro atoms. The molecule has 0 aliphatic heterocycles. The fourth-order valence-electron chi connectivity index (χ4n) is 2.38. The highest BCUT2D eigenvalue weighted by Gasteiger charge is 2.12. The van der Waals surface area contributed by atoms with E-state index >= 15 is 0 Å². The van der Waals surface area contributed by atoms with Gasteiger partial charge >= 0.3 is 6.03 Å². The first kappa shape index (κ1) is 16.6. The molecule has 0 radical (unpaired) electrons. The second kappa shape index (κ2) is 6.71. The Labute approximate surface area is 142 Å². The standard InChI is InChI=1S/C16H17FN6O2/c1-10(11-3-5-12(17)6-4-11)19-16(25)18-9-13-20-21-14-15(24)22(2)7-8-23(13)14/h3-8,10H,9H2,1-2H3,(H2,18,19,25)/t10-/m1/s1. The minimum atomic E-state index is -0.405. The molecule has 3 aromatic rings. The molecule has 0 fully saturated rings. The Morgan fingerprint density at radius 1 is 1.24 bits per heavy atom. The van der Waals surface area contributed by atoms with Gasteiger partial charge in [0, 0.05) is 19.4 Å². The molecule has 2 heterocycles. The Hall–Kier alpha value is -3.23. The Bertz CT molecular complexity index is 963. The monoisotopic (exact) mass is 344 g/mol. The average Bonchev–Trinajstić information content (AvgIpc) is 3.00. The van der Waals surface area contributed by atoms with Crippen molar-refractivity contribution in [1.82, 2.24) is 29.8 Å². The van der Waals surface area contributed by atoms with Crippen molar-refractivity contribution in [3.05, 3.63) is 64.2 Å². The molecule has 0 unspecified atom stereocenters. The lowest BCUT2D eigenvalue weighted by atomic mass is 10.1. The van der Waals surface area contributed by atoms with E-state index in [4.69, 9.17) is 0 Å². The highest BCUT2D eigenvalue weighted by molar-refractivity contribution is 5.74. The largest absolute Gasteiger partial charge is 0.332 e. The van der Waals surface area contributed by atoms with Crippen molar-refractivity contribution in [2.24, 2.45) is 7.05 Å². The highest BCUT2D eigenvalue weighted by Crippen LogP contribution is 2.12. The minimum Gasteiger partial charge on any atom is -0.332 e. The molecule has 2 aromatic heterocycles. The van der Waals surface area contributed by atoms with E-state index in [0.717, 1.165) is 5.56 Å². The first-order valence-corrected chi connectivity index (χ1v) is 7.65. The van der Waals surface area contributed by atoms with Crippen LogP contribution >= 0.6 is 0 Å². The number of aryl methyl sites for hydroxylation is 1. The predicted molar refractivity (Wildman–Crippen MR) is 88.4 cm³/mol. The first-order valence-electron chi connectivity index (χ1n) is 7.65. The van der Waals surface area contributed by atoms with E-state index in [2.05, 4.69) is 20.8 Å². The van der Waals surface area contributed by atoms with Gasteiger partial charge in [-0.1, -0.05) is 12.1 Å². The van der Waals surface area contributed by atoms with Gasteiger partial charge in [-0.05, 0) is 24.6 Å². The number of benzene rings is 1. The van der Waals surface area contributed by atoms with Gasteiger partial charge in [0.1, 0.15) is 5.82 Å². The highest BCUT2D eigenvalue weighted by atomic mass is 19.1. The fourth-order valence-corrected chi connectivity index (χ4v) is 2.38. The molecule has 1 aromatic carbocycles. The van der Waals surface area contributed by atoms with Gasteiger partial charge < -0.3 is 15.2 Å². The van der Waals surface area contributed by atoms with Crippen LogP contribution in [0.5, 0.6) is 0 Å². The summed E-state index contributed by atoms with van der Waals surface area (Å²) in [4.78, 5) is 23.9. The van der Waals surface area contributed by atoms with Gasteiger partial charge in [-0.15, -0.1) is 10.2 Å². The van der Waals surface area contributed by atoms with E-state index in [9.17, 15) is 14.0 Å². The number of nitrogens with zero attached hydrogens (tertiary/aromatic N) is 4. The summed E-state index contributed by atoms with van der Waals surface area (Å²) in [6.45, 7) is 1.90. The number of carbonyl (C=O) groups is 1. The third-order valence-corrected chi connectivity index (χ3v) is 3.84. The van der Waals surface area contributed by atoms with Crippen LogP contribution in [0.3, 0.4) is 0 Å². The van der Waals surface area contributed by atoms with Gasteiger partial charge in [0.15, 0.2) is 5.82 Å². The quantitative estimate of drug-likeness (QED) is 0.742. The number of aromatic nitrogens is 4. The van der Waals surface area contributed by atoms with Crippen molar-refractivity contribution in [2.45, 2.75) is 19.5 Å². The zero-order valence-corrected chi connectivity index (χ0v) is 13.7. The van der Waals surface area contributed by atoms with Crippen LogP contribution < -0.4 is 16.2 Å². The number of urea groups is 1. The second-order valence-corrected chi connectivity index (χ2v) is 5.62. The summed E-state index contributed by atoms with van der Waals surface area (Å²) >= 11 is 0. The predicted octanol–water partition coefficient (Wildman–Crippen LogP) is 1.13. The maximum Gasteiger partial charge on any atom is 0.315 e. The second-order valence-electron chi connectivity index (χ2n) is 5.62. The lowest BCUT2D eigenvalue weighted by Gasteiger charge is -2.14.